The van der Waals surface area contributed by atoms with Gasteiger partial charge in [0.15, 0.2) is 11.7 Å². The van der Waals surface area contributed by atoms with E-state index < -0.39 is 5.97 Å². The molecule has 6 nitrogen and oxygen atoms in total. The Balaban J connectivity index is 1.44. The van der Waals surface area contributed by atoms with Gasteiger partial charge in [0.05, 0.1) is 12.8 Å². The second kappa shape index (κ2) is 9.00. The van der Waals surface area contributed by atoms with Crippen molar-refractivity contribution in [1.29, 1.82) is 0 Å². The molecule has 3 aromatic rings. The fraction of sp³-hybridized carbons (Fsp3) is 0.158. The fourth-order valence-corrected chi connectivity index (χ4v) is 2.81. The SMILES string of the molecule is COc1ccc(Nc2nc(COC(=O)COc3ccc(F)cc3)cs2)cc1. The third kappa shape index (κ3) is 5.68. The van der Waals surface area contributed by atoms with E-state index in [1.54, 1.807) is 12.5 Å². The normalized spacial score (nSPS) is 10.3. The molecule has 140 valence electrons. The second-order valence-electron chi connectivity index (χ2n) is 5.40. The summed E-state index contributed by atoms with van der Waals surface area (Å²) in [6.45, 7) is -0.209. The number of aromatic nitrogens is 1. The number of carbonyl (C=O) groups is 1. The van der Waals surface area contributed by atoms with Crippen LogP contribution in [0.4, 0.5) is 15.2 Å². The molecule has 0 amide bonds. The summed E-state index contributed by atoms with van der Waals surface area (Å²) in [4.78, 5) is 16.1. The number of methoxy groups -OCH3 is 1. The van der Waals surface area contributed by atoms with Gasteiger partial charge in [-0.15, -0.1) is 11.3 Å². The first-order valence-electron chi connectivity index (χ1n) is 8.02. The number of rotatable bonds is 8. The van der Waals surface area contributed by atoms with Gasteiger partial charge in [-0.1, -0.05) is 0 Å². The molecule has 0 spiro atoms. The summed E-state index contributed by atoms with van der Waals surface area (Å²) < 4.78 is 28.3. The van der Waals surface area contributed by atoms with E-state index in [1.807, 2.05) is 24.3 Å². The van der Waals surface area contributed by atoms with E-state index in [0.717, 1.165) is 11.4 Å². The molecule has 0 unspecified atom stereocenters. The number of thiazole rings is 1. The van der Waals surface area contributed by atoms with Crippen molar-refractivity contribution >= 4 is 28.1 Å². The average molecular weight is 388 g/mol. The molecule has 0 bridgehead atoms. The molecule has 27 heavy (non-hydrogen) atoms. The number of anilines is 2. The van der Waals surface area contributed by atoms with E-state index >= 15 is 0 Å². The molecule has 0 aliphatic carbocycles. The van der Waals surface area contributed by atoms with Crippen LogP contribution in [-0.2, 0) is 16.1 Å². The fourth-order valence-electron chi connectivity index (χ4n) is 2.10. The van der Waals surface area contributed by atoms with Crippen molar-refractivity contribution in [3.8, 4) is 11.5 Å². The molecule has 3 rings (SSSR count). The second-order valence-corrected chi connectivity index (χ2v) is 6.26. The van der Waals surface area contributed by atoms with Gasteiger partial charge in [-0.05, 0) is 48.5 Å². The van der Waals surface area contributed by atoms with E-state index in [1.165, 1.54) is 35.6 Å². The first kappa shape index (κ1) is 18.7. The van der Waals surface area contributed by atoms with Gasteiger partial charge in [0.2, 0.25) is 0 Å². The zero-order chi connectivity index (χ0) is 19.1. The number of ether oxygens (including phenoxy) is 3. The van der Waals surface area contributed by atoms with Crippen molar-refractivity contribution in [1.82, 2.24) is 4.98 Å². The minimum atomic E-state index is -0.531. The minimum Gasteiger partial charge on any atom is -0.497 e. The lowest BCUT2D eigenvalue weighted by molar-refractivity contribution is -0.147. The summed E-state index contributed by atoms with van der Waals surface area (Å²) >= 11 is 1.41. The van der Waals surface area contributed by atoms with Gasteiger partial charge in [-0.2, -0.15) is 0 Å². The maximum absolute atomic E-state index is 12.8. The Morgan fingerprint density at radius 1 is 1.11 bits per heavy atom. The number of nitrogens with zero attached hydrogens (tertiary/aromatic N) is 1. The quantitative estimate of drug-likeness (QED) is 0.585. The summed E-state index contributed by atoms with van der Waals surface area (Å²) in [5.41, 5.74) is 1.51. The number of benzene rings is 2. The van der Waals surface area contributed by atoms with Gasteiger partial charge >= 0.3 is 5.97 Å². The minimum absolute atomic E-state index is 0.0480. The predicted molar refractivity (Wildman–Crippen MR) is 100 cm³/mol. The largest absolute Gasteiger partial charge is 0.497 e. The summed E-state index contributed by atoms with van der Waals surface area (Å²) in [6, 6.07) is 12.9. The molecule has 1 aromatic heterocycles. The van der Waals surface area contributed by atoms with Crippen molar-refractivity contribution in [3.05, 3.63) is 65.4 Å². The molecule has 0 radical (unpaired) electrons. The van der Waals surface area contributed by atoms with E-state index in [4.69, 9.17) is 14.2 Å². The molecule has 1 N–H and O–H groups in total. The maximum atomic E-state index is 12.8. The van der Waals surface area contributed by atoms with Gasteiger partial charge in [0, 0.05) is 11.1 Å². The van der Waals surface area contributed by atoms with Gasteiger partial charge in [0.25, 0.3) is 0 Å². The summed E-state index contributed by atoms with van der Waals surface area (Å²) in [7, 11) is 1.61. The monoisotopic (exact) mass is 388 g/mol. The van der Waals surface area contributed by atoms with Gasteiger partial charge in [0.1, 0.15) is 23.9 Å². The Morgan fingerprint density at radius 2 is 1.81 bits per heavy atom. The van der Waals surface area contributed by atoms with Crippen LogP contribution in [0, 0.1) is 5.82 Å². The molecule has 0 saturated heterocycles. The van der Waals surface area contributed by atoms with E-state index in [-0.39, 0.29) is 19.0 Å². The van der Waals surface area contributed by atoms with Crippen molar-refractivity contribution < 1.29 is 23.4 Å². The van der Waals surface area contributed by atoms with Gasteiger partial charge in [-0.25, -0.2) is 14.2 Å². The van der Waals surface area contributed by atoms with Crippen LogP contribution in [0.1, 0.15) is 5.69 Å². The Bertz CT molecular complexity index is 881. The van der Waals surface area contributed by atoms with Crippen LogP contribution in [0.15, 0.2) is 53.9 Å². The predicted octanol–water partition coefficient (Wildman–Crippen LogP) is 4.16. The van der Waals surface area contributed by atoms with Crippen LogP contribution in [0.5, 0.6) is 11.5 Å². The Kier molecular flexibility index (Phi) is 6.22. The molecular formula is C19H17FN2O4S. The van der Waals surface area contributed by atoms with Crippen LogP contribution in [-0.4, -0.2) is 24.7 Å². The third-order valence-electron chi connectivity index (χ3n) is 3.44. The lowest BCUT2D eigenvalue weighted by Crippen LogP contribution is -2.14. The molecule has 2 aromatic carbocycles. The molecule has 0 fully saturated rings. The highest BCUT2D eigenvalue weighted by molar-refractivity contribution is 7.13. The van der Waals surface area contributed by atoms with Gasteiger partial charge in [-0.3, -0.25) is 0 Å². The zero-order valence-electron chi connectivity index (χ0n) is 14.5. The van der Waals surface area contributed by atoms with Crippen LogP contribution < -0.4 is 14.8 Å². The maximum Gasteiger partial charge on any atom is 0.344 e. The first-order chi connectivity index (χ1) is 13.1. The van der Waals surface area contributed by atoms with E-state index in [9.17, 15) is 9.18 Å². The van der Waals surface area contributed by atoms with Crippen molar-refractivity contribution in [2.45, 2.75) is 6.61 Å². The van der Waals surface area contributed by atoms with Crippen LogP contribution in [0.3, 0.4) is 0 Å². The van der Waals surface area contributed by atoms with Crippen LogP contribution >= 0.6 is 11.3 Å². The van der Waals surface area contributed by atoms with Crippen molar-refractivity contribution in [2.75, 3.05) is 19.0 Å². The zero-order valence-corrected chi connectivity index (χ0v) is 15.3. The topological polar surface area (TPSA) is 69.7 Å². The third-order valence-corrected chi connectivity index (χ3v) is 4.25. The number of carbonyl (C=O) groups excluding carboxylic acids is 1. The molecule has 0 atom stereocenters. The summed E-state index contributed by atoms with van der Waals surface area (Å²) in [5, 5.41) is 5.66. The summed E-state index contributed by atoms with van der Waals surface area (Å²) in [6.07, 6.45) is 0. The van der Waals surface area contributed by atoms with Crippen LogP contribution in [0.2, 0.25) is 0 Å². The number of hydrogen-bond donors (Lipinski definition) is 1. The molecule has 1 heterocycles. The lowest BCUT2D eigenvalue weighted by Gasteiger charge is -2.06. The number of hydrogen-bond acceptors (Lipinski definition) is 7. The Hall–Kier alpha value is -3.13. The van der Waals surface area contributed by atoms with Crippen molar-refractivity contribution in [2.24, 2.45) is 0 Å². The van der Waals surface area contributed by atoms with E-state index in [0.29, 0.717) is 16.6 Å². The van der Waals surface area contributed by atoms with E-state index in [2.05, 4.69) is 10.3 Å². The van der Waals surface area contributed by atoms with Crippen molar-refractivity contribution in [3.63, 3.8) is 0 Å². The number of halogens is 1. The van der Waals surface area contributed by atoms with Gasteiger partial charge < -0.3 is 19.5 Å². The highest BCUT2D eigenvalue weighted by Gasteiger charge is 2.08. The lowest BCUT2D eigenvalue weighted by atomic mass is 10.3. The summed E-state index contributed by atoms with van der Waals surface area (Å²) in [5.74, 6) is 0.271. The highest BCUT2D eigenvalue weighted by atomic mass is 32.1. The Morgan fingerprint density at radius 3 is 2.52 bits per heavy atom. The molecule has 8 heteroatoms. The Labute approximate surface area is 159 Å². The standard InChI is InChI=1S/C19H17FN2O4S/c1-24-16-8-4-14(5-9-16)21-19-22-15(12-27-19)10-26-18(23)11-25-17-6-2-13(20)3-7-17/h2-9,12H,10-11H2,1H3,(H,21,22). The highest BCUT2D eigenvalue weighted by Crippen LogP contribution is 2.23. The molecule has 0 aliphatic rings. The number of esters is 1. The molecular weight excluding hydrogens is 371 g/mol. The van der Waals surface area contributed by atoms with Crippen LogP contribution in [0.25, 0.3) is 0 Å². The molecule has 0 saturated carbocycles. The molecule has 0 aliphatic heterocycles. The number of nitrogens with one attached hydrogen (secondary N) is 1. The smallest absolute Gasteiger partial charge is 0.344 e. The average Bonchev–Trinajstić information content (AvgIpc) is 3.14. The first-order valence-corrected chi connectivity index (χ1v) is 8.90.